The molecule has 1 N–H and O–H groups in total. The minimum Gasteiger partial charge on any atom is -0.467 e. The maximum atomic E-state index is 13.6. The average molecular weight is 267 g/mol. The van der Waals surface area contributed by atoms with Gasteiger partial charge in [0.15, 0.2) is 6.79 Å². The molecule has 0 aromatic heterocycles. The van der Waals surface area contributed by atoms with Crippen LogP contribution in [0.1, 0.15) is 24.0 Å². The van der Waals surface area contributed by atoms with Gasteiger partial charge < -0.3 is 14.6 Å². The highest BCUT2D eigenvalue weighted by Crippen LogP contribution is 2.33. The molecule has 0 radical (unpaired) electrons. The van der Waals surface area contributed by atoms with Crippen molar-refractivity contribution in [1.29, 1.82) is 0 Å². The second-order valence-electron chi connectivity index (χ2n) is 5.09. The lowest BCUT2D eigenvalue weighted by Gasteiger charge is -2.25. The van der Waals surface area contributed by atoms with Crippen LogP contribution in [0.25, 0.3) is 0 Å². The van der Waals surface area contributed by atoms with E-state index in [4.69, 9.17) is 14.6 Å². The fourth-order valence-electron chi connectivity index (χ4n) is 2.55. The fraction of sp³-hybridized carbons (Fsp3) is 0.571. The third-order valence-corrected chi connectivity index (χ3v) is 3.58. The van der Waals surface area contributed by atoms with Crippen LogP contribution in [-0.2, 0) is 17.9 Å². The van der Waals surface area contributed by atoms with Gasteiger partial charge in [-0.15, -0.1) is 0 Å². The lowest BCUT2D eigenvalue weighted by atomic mass is 10.1. The largest absolute Gasteiger partial charge is 0.467 e. The molecular formula is C14H18FNO3. The van der Waals surface area contributed by atoms with Crippen molar-refractivity contribution in [3.8, 4) is 5.75 Å². The van der Waals surface area contributed by atoms with Crippen molar-refractivity contribution in [3.63, 3.8) is 0 Å². The molecule has 0 spiro atoms. The van der Waals surface area contributed by atoms with E-state index in [1.165, 1.54) is 12.1 Å². The molecule has 1 aliphatic heterocycles. The molecule has 1 aromatic carbocycles. The lowest BCUT2D eigenvalue weighted by molar-refractivity contribution is -0.0178. The predicted octanol–water partition coefficient (Wildman–Crippen LogP) is 1.65. The Labute approximate surface area is 111 Å². The molecule has 5 heteroatoms. The van der Waals surface area contributed by atoms with Gasteiger partial charge in [-0.3, -0.25) is 4.90 Å². The first-order valence-electron chi connectivity index (χ1n) is 6.64. The number of rotatable bonds is 5. The summed E-state index contributed by atoms with van der Waals surface area (Å²) in [7, 11) is 0. The summed E-state index contributed by atoms with van der Waals surface area (Å²) in [6.45, 7) is 1.97. The Morgan fingerprint density at radius 1 is 1.37 bits per heavy atom. The van der Waals surface area contributed by atoms with Crippen LogP contribution in [0.15, 0.2) is 12.1 Å². The molecule has 0 atom stereocenters. The summed E-state index contributed by atoms with van der Waals surface area (Å²) in [6.07, 6.45) is 2.31. The van der Waals surface area contributed by atoms with Crippen LogP contribution in [0.3, 0.4) is 0 Å². The Kier molecular flexibility index (Phi) is 3.68. The zero-order valence-corrected chi connectivity index (χ0v) is 10.8. The van der Waals surface area contributed by atoms with E-state index in [0.717, 1.165) is 29.7 Å². The zero-order chi connectivity index (χ0) is 13.2. The van der Waals surface area contributed by atoms with Crippen molar-refractivity contribution < 1.29 is 19.0 Å². The molecule has 104 valence electrons. The number of nitrogens with zero attached hydrogens (tertiary/aromatic N) is 1. The van der Waals surface area contributed by atoms with Gasteiger partial charge >= 0.3 is 0 Å². The Balaban J connectivity index is 1.84. The normalized spacial score (nSPS) is 18.3. The first kappa shape index (κ1) is 12.8. The van der Waals surface area contributed by atoms with Crippen LogP contribution in [0.2, 0.25) is 0 Å². The highest BCUT2D eigenvalue weighted by molar-refractivity contribution is 5.42. The highest BCUT2D eigenvalue weighted by atomic mass is 19.1. The molecule has 0 unspecified atom stereocenters. The molecule has 1 fully saturated rings. The smallest absolute Gasteiger partial charge is 0.189 e. The summed E-state index contributed by atoms with van der Waals surface area (Å²) >= 11 is 0. The first-order valence-corrected chi connectivity index (χ1v) is 6.64. The summed E-state index contributed by atoms with van der Waals surface area (Å²) in [4.78, 5) is 2.19. The fourth-order valence-corrected chi connectivity index (χ4v) is 2.55. The molecule has 1 aliphatic carbocycles. The van der Waals surface area contributed by atoms with Crippen molar-refractivity contribution in [2.75, 3.05) is 19.9 Å². The van der Waals surface area contributed by atoms with Gasteiger partial charge in [0.2, 0.25) is 0 Å². The van der Waals surface area contributed by atoms with E-state index in [0.29, 0.717) is 25.7 Å². The molecule has 0 bridgehead atoms. The predicted molar refractivity (Wildman–Crippen MR) is 67.2 cm³/mol. The Hall–Kier alpha value is -1.17. The number of hydrogen-bond acceptors (Lipinski definition) is 4. The topological polar surface area (TPSA) is 41.9 Å². The maximum Gasteiger partial charge on any atom is 0.189 e. The van der Waals surface area contributed by atoms with Crippen LogP contribution >= 0.6 is 0 Å². The quantitative estimate of drug-likeness (QED) is 0.881. The number of benzene rings is 1. The first-order chi connectivity index (χ1) is 9.28. The van der Waals surface area contributed by atoms with E-state index in [1.807, 2.05) is 0 Å². The number of aliphatic hydroxyl groups excluding tert-OH is 1. The van der Waals surface area contributed by atoms with Crippen molar-refractivity contribution >= 4 is 0 Å². The standard InChI is InChI=1S/C14H18FNO3/c15-12-5-10(7-16(3-4-17)13-1-2-13)14-11(6-12)8-18-9-19-14/h5-6,13,17H,1-4,7-9H2. The second-order valence-corrected chi connectivity index (χ2v) is 5.09. The van der Waals surface area contributed by atoms with Crippen LogP contribution in [0.5, 0.6) is 5.75 Å². The molecule has 19 heavy (non-hydrogen) atoms. The molecule has 1 heterocycles. The van der Waals surface area contributed by atoms with Gasteiger partial charge in [-0.05, 0) is 25.0 Å². The molecular weight excluding hydrogens is 249 g/mol. The average Bonchev–Trinajstić information content (AvgIpc) is 3.22. The summed E-state index contributed by atoms with van der Waals surface area (Å²) in [5, 5.41) is 9.12. The molecule has 3 rings (SSSR count). The zero-order valence-electron chi connectivity index (χ0n) is 10.8. The Morgan fingerprint density at radius 3 is 2.95 bits per heavy atom. The Bertz CT molecular complexity index is 462. The van der Waals surface area contributed by atoms with E-state index in [2.05, 4.69) is 4.90 Å². The molecule has 4 nitrogen and oxygen atoms in total. The van der Waals surface area contributed by atoms with Gasteiger partial charge in [0.05, 0.1) is 13.2 Å². The number of hydrogen-bond donors (Lipinski definition) is 1. The van der Waals surface area contributed by atoms with Crippen molar-refractivity contribution in [1.82, 2.24) is 4.90 Å². The molecule has 0 amide bonds. The minimum absolute atomic E-state index is 0.123. The van der Waals surface area contributed by atoms with E-state index < -0.39 is 0 Å². The number of halogens is 1. The SMILES string of the molecule is OCCN(Cc1cc(F)cc2c1OCOC2)C1CC1. The van der Waals surface area contributed by atoms with Crippen LogP contribution < -0.4 is 4.74 Å². The number of aliphatic hydroxyl groups is 1. The van der Waals surface area contributed by atoms with Gasteiger partial charge in [0.25, 0.3) is 0 Å². The monoisotopic (exact) mass is 267 g/mol. The summed E-state index contributed by atoms with van der Waals surface area (Å²) in [5.41, 5.74) is 1.61. The van der Waals surface area contributed by atoms with Gasteiger partial charge in [-0.1, -0.05) is 0 Å². The van der Waals surface area contributed by atoms with Crippen LogP contribution in [0, 0.1) is 5.82 Å². The van der Waals surface area contributed by atoms with Gasteiger partial charge in [-0.2, -0.15) is 0 Å². The second kappa shape index (κ2) is 5.45. The highest BCUT2D eigenvalue weighted by Gasteiger charge is 2.29. The third-order valence-electron chi connectivity index (χ3n) is 3.58. The minimum atomic E-state index is -0.261. The third kappa shape index (κ3) is 2.88. The van der Waals surface area contributed by atoms with Crippen molar-refractivity contribution in [2.45, 2.75) is 32.0 Å². The van der Waals surface area contributed by atoms with E-state index in [-0.39, 0.29) is 19.2 Å². The molecule has 1 saturated carbocycles. The van der Waals surface area contributed by atoms with Gasteiger partial charge in [0, 0.05) is 30.3 Å². The van der Waals surface area contributed by atoms with Crippen molar-refractivity contribution in [2.24, 2.45) is 0 Å². The maximum absolute atomic E-state index is 13.6. The summed E-state index contributed by atoms with van der Waals surface area (Å²) in [5.74, 6) is 0.485. The van der Waals surface area contributed by atoms with Gasteiger partial charge in [-0.25, -0.2) is 4.39 Å². The number of ether oxygens (including phenoxy) is 2. The molecule has 2 aliphatic rings. The van der Waals surface area contributed by atoms with Crippen LogP contribution in [0.4, 0.5) is 4.39 Å². The summed E-state index contributed by atoms with van der Waals surface area (Å²) in [6, 6.07) is 3.51. The Morgan fingerprint density at radius 2 is 2.21 bits per heavy atom. The summed E-state index contributed by atoms with van der Waals surface area (Å²) < 4.78 is 24.3. The lowest BCUT2D eigenvalue weighted by Crippen LogP contribution is -2.29. The van der Waals surface area contributed by atoms with E-state index in [1.54, 1.807) is 0 Å². The van der Waals surface area contributed by atoms with Crippen LogP contribution in [-0.4, -0.2) is 36.0 Å². The van der Waals surface area contributed by atoms with E-state index in [9.17, 15) is 4.39 Å². The molecule has 1 aromatic rings. The van der Waals surface area contributed by atoms with E-state index >= 15 is 0 Å². The van der Waals surface area contributed by atoms with Gasteiger partial charge in [0.1, 0.15) is 11.6 Å². The molecule has 0 saturated heterocycles. The number of fused-ring (bicyclic) bond motifs is 1. The van der Waals surface area contributed by atoms with Crippen molar-refractivity contribution in [3.05, 3.63) is 29.1 Å².